The van der Waals surface area contributed by atoms with Gasteiger partial charge in [0.25, 0.3) is 0 Å². The smallest absolute Gasteiger partial charge is 0.208 e. The number of aromatic nitrogens is 4. The number of nitrogens with one attached hydrogen (secondary N) is 1. The Kier molecular flexibility index (Phi) is 10.8. The molecule has 1 radical (unpaired) electrons. The molecule has 2 aromatic rings. The summed E-state index contributed by atoms with van der Waals surface area (Å²) in [6, 6.07) is 0. The number of hydrogen-bond acceptors (Lipinski definition) is 5. The van der Waals surface area contributed by atoms with Crippen molar-refractivity contribution in [2.45, 2.75) is 59.0 Å². The van der Waals surface area contributed by atoms with Crippen molar-refractivity contribution in [3.05, 3.63) is 18.1 Å². The van der Waals surface area contributed by atoms with Gasteiger partial charge in [-0.05, 0) is 5.82 Å². The summed E-state index contributed by atoms with van der Waals surface area (Å²) in [5.41, 5.74) is 7.55. The van der Waals surface area contributed by atoms with Gasteiger partial charge in [-0.15, -0.1) is 0 Å². The minimum Gasteiger partial charge on any atom is -0.480 e. The molecule has 3 unspecified atom stereocenters. The van der Waals surface area contributed by atoms with E-state index < -0.39 is 24.6 Å². The Hall–Kier alpha value is -1.22. The van der Waals surface area contributed by atoms with Crippen LogP contribution in [0.5, 0.6) is 0 Å². The third-order valence-corrected chi connectivity index (χ3v) is 3.00. The van der Waals surface area contributed by atoms with E-state index in [2.05, 4.69) is 28.8 Å². The van der Waals surface area contributed by atoms with Crippen LogP contribution in [0.2, 0.25) is 0 Å². The van der Waals surface area contributed by atoms with Crippen molar-refractivity contribution in [2.24, 2.45) is 0 Å². The van der Waals surface area contributed by atoms with Crippen LogP contribution in [0.4, 0.5) is 14.6 Å². The first-order chi connectivity index (χ1) is 11.5. The van der Waals surface area contributed by atoms with Crippen LogP contribution in [0.1, 0.15) is 46.8 Å². The van der Waals surface area contributed by atoms with E-state index in [0.717, 1.165) is 0 Å². The standard InChI is InChI=1S/C10H10F2N5O2.C3H8.C2H6.Ir/c11-5-1-4(2-18)19-9(5)17-3-14-6-7(13)15-10(12)16-8(6)17;1-3-2;1-2;/h3-5,9,18H,1-2H2,(H-,13,15,16);3H2,1-2H3;1-2H3;/q-1;;;. The molecule has 0 spiro atoms. The summed E-state index contributed by atoms with van der Waals surface area (Å²) >= 11 is 0. The van der Waals surface area contributed by atoms with Gasteiger partial charge in [0.05, 0.1) is 19.0 Å². The second kappa shape index (κ2) is 11.4. The topological polar surface area (TPSA) is 96.9 Å². The van der Waals surface area contributed by atoms with Gasteiger partial charge in [0.15, 0.2) is 11.9 Å². The molecule has 0 aliphatic carbocycles. The number of rotatable bonds is 2. The Morgan fingerprint density at radius 1 is 1.36 bits per heavy atom. The van der Waals surface area contributed by atoms with Crippen LogP contribution in [0.25, 0.3) is 16.9 Å². The van der Waals surface area contributed by atoms with E-state index in [1.54, 1.807) is 0 Å². The van der Waals surface area contributed by atoms with Crippen LogP contribution in [0, 0.1) is 6.08 Å². The van der Waals surface area contributed by atoms with E-state index in [0.29, 0.717) is 0 Å². The molecule has 0 amide bonds. The van der Waals surface area contributed by atoms with Crippen LogP contribution in [-0.2, 0) is 24.8 Å². The molecule has 1 aliphatic rings. The van der Waals surface area contributed by atoms with Crippen molar-refractivity contribution >= 4 is 17.0 Å². The fourth-order valence-electron chi connectivity index (χ4n) is 2.14. The third kappa shape index (κ3) is 5.63. The number of nitrogens with zero attached hydrogens (tertiary/aromatic N) is 4. The van der Waals surface area contributed by atoms with Gasteiger partial charge < -0.3 is 20.6 Å². The minimum absolute atomic E-state index is 0. The minimum atomic E-state index is -1.36. The van der Waals surface area contributed by atoms with Gasteiger partial charge in [-0.1, -0.05) is 34.1 Å². The zero-order valence-corrected chi connectivity index (χ0v) is 17.1. The Morgan fingerprint density at radius 3 is 2.48 bits per heavy atom. The van der Waals surface area contributed by atoms with Crippen molar-refractivity contribution < 1.29 is 38.7 Å². The first kappa shape index (κ1) is 23.8. The van der Waals surface area contributed by atoms with Crippen LogP contribution in [-0.4, -0.2) is 43.5 Å². The summed E-state index contributed by atoms with van der Waals surface area (Å²) in [6.45, 7) is 7.95. The molecule has 2 aromatic heterocycles. The number of hydrogen-bond donors (Lipinski definition) is 1. The van der Waals surface area contributed by atoms with Crippen LogP contribution in [0.15, 0.2) is 6.33 Å². The summed E-state index contributed by atoms with van der Waals surface area (Å²) < 4.78 is 33.5. The van der Waals surface area contributed by atoms with Gasteiger partial charge in [-0.3, -0.25) is 4.57 Å². The maximum Gasteiger partial charge on any atom is 0.208 e. The van der Waals surface area contributed by atoms with E-state index in [-0.39, 0.29) is 50.1 Å². The van der Waals surface area contributed by atoms with E-state index in [9.17, 15) is 8.78 Å². The summed E-state index contributed by atoms with van der Waals surface area (Å²) in [5.74, 6) is -0.367. The molecule has 3 atom stereocenters. The first-order valence-corrected chi connectivity index (χ1v) is 8.03. The molecule has 0 bridgehead atoms. The molecule has 0 aromatic carbocycles. The number of halogens is 2. The van der Waals surface area contributed by atoms with Gasteiger partial charge in [0.1, 0.15) is 11.7 Å². The number of ether oxygens (including phenoxy) is 1. The quantitative estimate of drug-likeness (QED) is 0.591. The number of fused-ring (bicyclic) bond motifs is 1. The molecule has 25 heavy (non-hydrogen) atoms. The summed E-state index contributed by atoms with van der Waals surface area (Å²) in [7, 11) is 0. The van der Waals surface area contributed by atoms with Crippen molar-refractivity contribution in [2.75, 3.05) is 6.61 Å². The normalized spacial score (nSPS) is 21.6. The first-order valence-electron chi connectivity index (χ1n) is 8.03. The maximum absolute atomic E-state index is 13.8. The fourth-order valence-corrected chi connectivity index (χ4v) is 2.14. The molecule has 1 saturated heterocycles. The number of imidazole rings is 1. The van der Waals surface area contributed by atoms with Gasteiger partial charge in [0.2, 0.25) is 6.08 Å². The van der Waals surface area contributed by atoms with Crippen LogP contribution in [0.3, 0.4) is 0 Å². The van der Waals surface area contributed by atoms with Gasteiger partial charge >= 0.3 is 0 Å². The SMILES string of the molecule is CC.CCC.[Ir].[NH-]c1nc(F)nc2c1ncn2C1OC(CO)CC1F. The summed E-state index contributed by atoms with van der Waals surface area (Å²) in [4.78, 5) is 10.6. The Balaban J connectivity index is 0.000000872. The van der Waals surface area contributed by atoms with Gasteiger partial charge in [-0.25, -0.2) is 14.4 Å². The number of alkyl halides is 1. The molecular weight excluding hydrogens is 512 g/mol. The molecule has 2 N–H and O–H groups in total. The number of aliphatic hydroxyl groups excluding tert-OH is 1. The maximum atomic E-state index is 13.8. The molecule has 0 saturated carbocycles. The second-order valence-electron chi connectivity index (χ2n) is 4.96. The summed E-state index contributed by atoms with van der Waals surface area (Å²) in [6.07, 6.45) is -1.56. The molecule has 7 nitrogen and oxygen atoms in total. The van der Waals surface area contributed by atoms with Crippen molar-refractivity contribution in [3.8, 4) is 0 Å². The van der Waals surface area contributed by atoms with Crippen LogP contribution >= 0.6 is 0 Å². The zero-order valence-electron chi connectivity index (χ0n) is 14.7. The molecular formula is C15H24F2IrN5O2-. The Labute approximate surface area is 159 Å². The van der Waals surface area contributed by atoms with Crippen molar-refractivity contribution in [3.63, 3.8) is 0 Å². The molecule has 1 fully saturated rings. The number of aliphatic hydroxyl groups is 1. The molecule has 3 heterocycles. The van der Waals surface area contributed by atoms with E-state index in [1.165, 1.54) is 17.3 Å². The fraction of sp³-hybridized carbons (Fsp3) is 0.667. The Morgan fingerprint density at radius 2 is 1.96 bits per heavy atom. The molecule has 3 rings (SSSR count). The average molecular weight is 537 g/mol. The van der Waals surface area contributed by atoms with Gasteiger partial charge in [0, 0.05) is 26.5 Å². The predicted octanol–water partition coefficient (Wildman–Crippen LogP) is 3.71. The Bertz CT molecular complexity index is 644. The summed E-state index contributed by atoms with van der Waals surface area (Å²) in [5, 5.41) is 8.97. The largest absolute Gasteiger partial charge is 0.480 e. The van der Waals surface area contributed by atoms with E-state index in [1.807, 2.05) is 13.8 Å². The van der Waals surface area contributed by atoms with E-state index in [4.69, 9.17) is 15.6 Å². The predicted molar refractivity (Wildman–Crippen MR) is 87.1 cm³/mol. The molecule has 145 valence electrons. The van der Waals surface area contributed by atoms with Gasteiger partial charge in [-0.2, -0.15) is 4.39 Å². The zero-order chi connectivity index (χ0) is 18.3. The monoisotopic (exact) mass is 537 g/mol. The van der Waals surface area contributed by atoms with Crippen LogP contribution < -0.4 is 0 Å². The van der Waals surface area contributed by atoms with Crippen molar-refractivity contribution in [1.82, 2.24) is 19.5 Å². The third-order valence-electron chi connectivity index (χ3n) is 3.00. The average Bonchev–Trinajstić information content (AvgIpc) is 3.13. The second-order valence-corrected chi connectivity index (χ2v) is 4.96. The molecule has 1 aliphatic heterocycles. The van der Waals surface area contributed by atoms with Crippen molar-refractivity contribution in [1.29, 1.82) is 0 Å². The molecule has 10 heteroatoms. The van der Waals surface area contributed by atoms with E-state index >= 15 is 0 Å².